The van der Waals surface area contributed by atoms with E-state index in [-0.39, 0.29) is 5.84 Å². The SMILES string of the molecule is CCCCCOc1cnccc1/C(N)=N/O. The number of amidine groups is 1. The van der Waals surface area contributed by atoms with Crippen molar-refractivity contribution in [3.8, 4) is 5.75 Å². The van der Waals surface area contributed by atoms with Gasteiger partial charge in [-0.2, -0.15) is 0 Å². The summed E-state index contributed by atoms with van der Waals surface area (Å²) in [7, 11) is 0. The number of nitrogens with zero attached hydrogens (tertiary/aromatic N) is 2. The van der Waals surface area contributed by atoms with Crippen LogP contribution in [-0.2, 0) is 0 Å². The molecule has 0 fully saturated rings. The first-order chi connectivity index (χ1) is 7.79. The van der Waals surface area contributed by atoms with E-state index in [9.17, 15) is 0 Å². The summed E-state index contributed by atoms with van der Waals surface area (Å²) in [5.74, 6) is 0.585. The molecular formula is C11H17N3O2. The average Bonchev–Trinajstić information content (AvgIpc) is 2.34. The van der Waals surface area contributed by atoms with Crippen molar-refractivity contribution in [2.45, 2.75) is 26.2 Å². The van der Waals surface area contributed by atoms with Gasteiger partial charge in [0, 0.05) is 6.20 Å². The average molecular weight is 223 g/mol. The molecule has 0 aliphatic carbocycles. The monoisotopic (exact) mass is 223 g/mol. The molecule has 5 heteroatoms. The molecule has 0 saturated carbocycles. The number of hydrogen-bond acceptors (Lipinski definition) is 4. The van der Waals surface area contributed by atoms with E-state index in [1.807, 2.05) is 0 Å². The Balaban J connectivity index is 2.64. The van der Waals surface area contributed by atoms with Crippen LogP contribution in [0, 0.1) is 0 Å². The normalized spacial score (nSPS) is 11.4. The van der Waals surface area contributed by atoms with Gasteiger partial charge in [-0.15, -0.1) is 0 Å². The maximum absolute atomic E-state index is 8.61. The van der Waals surface area contributed by atoms with Crippen LogP contribution in [0.4, 0.5) is 0 Å². The molecule has 1 rings (SSSR count). The molecule has 88 valence electrons. The molecule has 5 nitrogen and oxygen atoms in total. The molecule has 0 saturated heterocycles. The van der Waals surface area contributed by atoms with Gasteiger partial charge in [0.05, 0.1) is 18.4 Å². The zero-order valence-corrected chi connectivity index (χ0v) is 9.39. The Morgan fingerprint density at radius 3 is 3.06 bits per heavy atom. The number of oxime groups is 1. The van der Waals surface area contributed by atoms with Crippen LogP contribution in [0.2, 0.25) is 0 Å². The van der Waals surface area contributed by atoms with E-state index in [1.165, 1.54) is 0 Å². The highest BCUT2D eigenvalue weighted by Crippen LogP contribution is 2.16. The summed E-state index contributed by atoms with van der Waals surface area (Å²) in [5, 5.41) is 11.6. The minimum atomic E-state index is 0.0351. The van der Waals surface area contributed by atoms with Crippen LogP contribution < -0.4 is 10.5 Å². The number of pyridine rings is 1. The van der Waals surface area contributed by atoms with E-state index in [0.29, 0.717) is 17.9 Å². The molecular weight excluding hydrogens is 206 g/mol. The molecule has 0 atom stereocenters. The van der Waals surface area contributed by atoms with Crippen LogP contribution in [-0.4, -0.2) is 22.6 Å². The smallest absolute Gasteiger partial charge is 0.173 e. The Kier molecular flexibility index (Phi) is 5.11. The van der Waals surface area contributed by atoms with Gasteiger partial charge < -0.3 is 15.7 Å². The fourth-order valence-electron chi connectivity index (χ4n) is 1.29. The highest BCUT2D eigenvalue weighted by atomic mass is 16.5. The van der Waals surface area contributed by atoms with Gasteiger partial charge in [-0.25, -0.2) is 0 Å². The van der Waals surface area contributed by atoms with Crippen LogP contribution in [0.1, 0.15) is 31.7 Å². The van der Waals surface area contributed by atoms with Crippen LogP contribution in [0.5, 0.6) is 5.75 Å². The first kappa shape index (κ1) is 12.3. The first-order valence-corrected chi connectivity index (χ1v) is 5.34. The van der Waals surface area contributed by atoms with Gasteiger partial charge in [0.1, 0.15) is 5.75 Å². The van der Waals surface area contributed by atoms with E-state index in [1.54, 1.807) is 18.5 Å². The topological polar surface area (TPSA) is 80.7 Å². The zero-order chi connectivity index (χ0) is 11.8. The summed E-state index contributed by atoms with van der Waals surface area (Å²) in [5.41, 5.74) is 6.08. The molecule has 1 aromatic heterocycles. The van der Waals surface area contributed by atoms with Crippen molar-refractivity contribution in [1.29, 1.82) is 0 Å². The summed E-state index contributed by atoms with van der Waals surface area (Å²) in [6.07, 6.45) is 6.40. The molecule has 16 heavy (non-hydrogen) atoms. The second kappa shape index (κ2) is 6.66. The lowest BCUT2D eigenvalue weighted by Crippen LogP contribution is -2.15. The number of nitrogens with two attached hydrogens (primary N) is 1. The first-order valence-electron chi connectivity index (χ1n) is 5.34. The number of rotatable bonds is 6. The van der Waals surface area contributed by atoms with Gasteiger partial charge in [0.25, 0.3) is 0 Å². The van der Waals surface area contributed by atoms with Gasteiger partial charge in [-0.05, 0) is 12.5 Å². The van der Waals surface area contributed by atoms with Gasteiger partial charge >= 0.3 is 0 Å². The lowest BCUT2D eigenvalue weighted by atomic mass is 10.2. The lowest BCUT2D eigenvalue weighted by Gasteiger charge is -2.09. The van der Waals surface area contributed by atoms with Crippen LogP contribution in [0.15, 0.2) is 23.6 Å². The molecule has 1 aromatic rings. The molecule has 3 N–H and O–H groups in total. The Hall–Kier alpha value is -1.78. The molecule has 0 aliphatic heterocycles. The minimum absolute atomic E-state index is 0.0351. The Morgan fingerprint density at radius 2 is 2.38 bits per heavy atom. The highest BCUT2D eigenvalue weighted by Gasteiger charge is 2.07. The predicted octanol–water partition coefficient (Wildman–Crippen LogP) is 1.75. The number of aromatic nitrogens is 1. The van der Waals surface area contributed by atoms with Gasteiger partial charge in [-0.3, -0.25) is 4.98 Å². The molecule has 0 radical (unpaired) electrons. The number of ether oxygens (including phenoxy) is 1. The van der Waals surface area contributed by atoms with Crippen molar-refractivity contribution < 1.29 is 9.94 Å². The zero-order valence-electron chi connectivity index (χ0n) is 9.39. The maximum Gasteiger partial charge on any atom is 0.173 e. The van der Waals surface area contributed by atoms with E-state index in [4.69, 9.17) is 15.7 Å². The summed E-state index contributed by atoms with van der Waals surface area (Å²) >= 11 is 0. The van der Waals surface area contributed by atoms with Crippen LogP contribution in [0.3, 0.4) is 0 Å². The Bertz CT molecular complexity index is 353. The summed E-state index contributed by atoms with van der Waals surface area (Å²) < 4.78 is 5.53. The molecule has 0 aliphatic rings. The highest BCUT2D eigenvalue weighted by molar-refractivity contribution is 5.99. The molecule has 0 unspecified atom stereocenters. The molecule has 0 spiro atoms. The summed E-state index contributed by atoms with van der Waals surface area (Å²) in [4.78, 5) is 3.94. The summed E-state index contributed by atoms with van der Waals surface area (Å²) in [6.45, 7) is 2.75. The van der Waals surface area contributed by atoms with Crippen molar-refractivity contribution in [2.24, 2.45) is 10.9 Å². The molecule has 1 heterocycles. The van der Waals surface area contributed by atoms with Gasteiger partial charge in [-0.1, -0.05) is 24.9 Å². The second-order valence-electron chi connectivity index (χ2n) is 3.41. The van der Waals surface area contributed by atoms with E-state index in [0.717, 1.165) is 19.3 Å². The van der Waals surface area contributed by atoms with Crippen molar-refractivity contribution in [1.82, 2.24) is 4.98 Å². The Morgan fingerprint density at radius 1 is 1.56 bits per heavy atom. The number of unbranched alkanes of at least 4 members (excludes halogenated alkanes) is 2. The van der Waals surface area contributed by atoms with Crippen LogP contribution >= 0.6 is 0 Å². The van der Waals surface area contributed by atoms with Crippen LogP contribution in [0.25, 0.3) is 0 Å². The third-order valence-corrected chi connectivity index (χ3v) is 2.17. The minimum Gasteiger partial charge on any atom is -0.491 e. The van der Waals surface area contributed by atoms with Crippen molar-refractivity contribution in [3.05, 3.63) is 24.0 Å². The van der Waals surface area contributed by atoms with Crippen molar-refractivity contribution in [3.63, 3.8) is 0 Å². The van der Waals surface area contributed by atoms with E-state index in [2.05, 4.69) is 17.1 Å². The van der Waals surface area contributed by atoms with E-state index >= 15 is 0 Å². The summed E-state index contributed by atoms with van der Waals surface area (Å²) in [6, 6.07) is 1.66. The molecule has 0 amide bonds. The third kappa shape index (κ3) is 3.42. The quantitative estimate of drug-likeness (QED) is 0.253. The van der Waals surface area contributed by atoms with Crippen molar-refractivity contribution >= 4 is 5.84 Å². The van der Waals surface area contributed by atoms with Gasteiger partial charge in [0.15, 0.2) is 5.84 Å². The van der Waals surface area contributed by atoms with Gasteiger partial charge in [0.2, 0.25) is 0 Å². The lowest BCUT2D eigenvalue weighted by molar-refractivity contribution is 0.302. The fourth-order valence-corrected chi connectivity index (χ4v) is 1.29. The number of hydrogen-bond donors (Lipinski definition) is 2. The van der Waals surface area contributed by atoms with Crippen molar-refractivity contribution in [2.75, 3.05) is 6.61 Å². The van der Waals surface area contributed by atoms with E-state index < -0.39 is 0 Å². The fraction of sp³-hybridized carbons (Fsp3) is 0.455. The third-order valence-electron chi connectivity index (χ3n) is 2.17. The standard InChI is InChI=1S/C11H17N3O2/c1-2-3-4-7-16-10-8-13-6-5-9(10)11(12)14-15/h5-6,8,15H,2-4,7H2,1H3,(H2,12,14). The molecule has 0 bridgehead atoms. The maximum atomic E-state index is 8.61. The molecule has 0 aromatic carbocycles. The second-order valence-corrected chi connectivity index (χ2v) is 3.41. The largest absolute Gasteiger partial charge is 0.491 e. The predicted molar refractivity (Wildman–Crippen MR) is 61.8 cm³/mol. The Labute approximate surface area is 94.9 Å².